The first-order valence-electron chi connectivity index (χ1n) is 7.19. The first-order chi connectivity index (χ1) is 10.6. The fraction of sp³-hybridized carbons (Fsp3) is 0.294. The van der Waals surface area contributed by atoms with Crippen LogP contribution in [0.3, 0.4) is 0 Å². The molecular formula is C17H21N3O2. The molecule has 0 aliphatic rings. The largest absolute Gasteiger partial charge is 0.388 e. The number of carbonyl (C=O) groups excluding carboxylic acids is 1. The summed E-state index contributed by atoms with van der Waals surface area (Å²) in [5.41, 5.74) is 1.53. The summed E-state index contributed by atoms with van der Waals surface area (Å²) in [5, 5.41) is 12.8. The Balaban J connectivity index is 1.86. The summed E-state index contributed by atoms with van der Waals surface area (Å²) >= 11 is 0. The van der Waals surface area contributed by atoms with E-state index in [0.29, 0.717) is 6.54 Å². The minimum Gasteiger partial charge on any atom is -0.388 e. The molecule has 1 aromatic carbocycles. The third-order valence-corrected chi connectivity index (χ3v) is 3.28. The van der Waals surface area contributed by atoms with Gasteiger partial charge in [0.15, 0.2) is 0 Å². The maximum absolute atomic E-state index is 11.9. The third kappa shape index (κ3) is 4.56. The van der Waals surface area contributed by atoms with Crippen molar-refractivity contribution in [3.8, 4) is 0 Å². The Labute approximate surface area is 130 Å². The zero-order valence-corrected chi connectivity index (χ0v) is 12.9. The second kappa shape index (κ2) is 7.56. The summed E-state index contributed by atoms with van der Waals surface area (Å²) in [6, 6.07) is 14.8. The molecule has 1 unspecified atom stereocenters. The number of aromatic nitrogens is 1. The second-order valence-corrected chi connectivity index (χ2v) is 5.29. The van der Waals surface area contributed by atoms with Crippen molar-refractivity contribution in [2.24, 2.45) is 0 Å². The summed E-state index contributed by atoms with van der Waals surface area (Å²) in [4.78, 5) is 18.2. The molecule has 0 saturated heterocycles. The molecule has 1 heterocycles. The van der Waals surface area contributed by atoms with Gasteiger partial charge in [0.1, 0.15) is 5.82 Å². The van der Waals surface area contributed by atoms with E-state index < -0.39 is 6.10 Å². The van der Waals surface area contributed by atoms with Crippen LogP contribution in [0.4, 0.5) is 5.82 Å². The maximum Gasteiger partial charge on any atom is 0.223 e. The van der Waals surface area contributed by atoms with Crippen LogP contribution in [-0.4, -0.2) is 30.1 Å². The van der Waals surface area contributed by atoms with Crippen molar-refractivity contribution in [3.05, 3.63) is 59.8 Å². The molecule has 0 radical (unpaired) electrons. The molecule has 5 nitrogen and oxygen atoms in total. The molecule has 1 amide bonds. The summed E-state index contributed by atoms with van der Waals surface area (Å²) in [6.45, 7) is 0.349. The average molecular weight is 299 g/mol. The van der Waals surface area contributed by atoms with Crippen LogP contribution < -0.4 is 10.2 Å². The molecule has 1 atom stereocenters. The minimum atomic E-state index is -0.790. The first kappa shape index (κ1) is 16.0. The van der Waals surface area contributed by atoms with Gasteiger partial charge in [-0.1, -0.05) is 36.4 Å². The predicted octanol–water partition coefficient (Wildman–Crippen LogP) is 1.89. The highest BCUT2D eigenvalue weighted by molar-refractivity contribution is 5.76. The Bertz CT molecular complexity index is 614. The van der Waals surface area contributed by atoms with Gasteiger partial charge in [-0.25, -0.2) is 4.98 Å². The molecule has 0 spiro atoms. The Hall–Kier alpha value is -2.40. The van der Waals surface area contributed by atoms with Gasteiger partial charge in [0.2, 0.25) is 5.91 Å². The van der Waals surface area contributed by atoms with E-state index in [1.165, 1.54) is 0 Å². The van der Waals surface area contributed by atoms with Crippen molar-refractivity contribution < 1.29 is 9.90 Å². The molecular weight excluding hydrogens is 278 g/mol. The number of nitrogens with zero attached hydrogens (tertiary/aromatic N) is 2. The number of pyridine rings is 1. The molecule has 22 heavy (non-hydrogen) atoms. The quantitative estimate of drug-likeness (QED) is 0.855. The fourth-order valence-electron chi connectivity index (χ4n) is 2.04. The number of aliphatic hydroxyl groups excluding tert-OH is 1. The molecule has 0 fully saturated rings. The molecule has 5 heteroatoms. The van der Waals surface area contributed by atoms with Gasteiger partial charge in [0.25, 0.3) is 0 Å². The standard InChI is InChI=1S/C17H21N3O2/c1-20(2)16-10-6-9-14(19-16)12-18-17(22)11-15(21)13-7-4-3-5-8-13/h3-10,15,21H,11-12H2,1-2H3,(H,18,22). The van der Waals surface area contributed by atoms with E-state index in [1.807, 2.05) is 55.4 Å². The van der Waals surface area contributed by atoms with Gasteiger partial charge in [-0.3, -0.25) is 4.79 Å². The molecule has 1 aromatic heterocycles. The Morgan fingerprint density at radius 1 is 1.18 bits per heavy atom. The van der Waals surface area contributed by atoms with Crippen LogP contribution in [0, 0.1) is 0 Å². The molecule has 0 saturated carbocycles. The molecule has 0 bridgehead atoms. The van der Waals surface area contributed by atoms with Crippen LogP contribution in [0.1, 0.15) is 23.8 Å². The van der Waals surface area contributed by atoms with Gasteiger partial charge in [-0.05, 0) is 17.7 Å². The van der Waals surface area contributed by atoms with E-state index in [4.69, 9.17) is 0 Å². The third-order valence-electron chi connectivity index (χ3n) is 3.28. The highest BCUT2D eigenvalue weighted by atomic mass is 16.3. The summed E-state index contributed by atoms with van der Waals surface area (Å²) in [7, 11) is 3.84. The number of aliphatic hydroxyl groups is 1. The van der Waals surface area contributed by atoms with E-state index in [1.54, 1.807) is 12.1 Å². The van der Waals surface area contributed by atoms with Crippen LogP contribution >= 0.6 is 0 Å². The second-order valence-electron chi connectivity index (χ2n) is 5.29. The Kier molecular flexibility index (Phi) is 5.49. The molecule has 2 N–H and O–H groups in total. The van der Waals surface area contributed by atoms with E-state index in [2.05, 4.69) is 10.3 Å². The van der Waals surface area contributed by atoms with Gasteiger partial charge in [0, 0.05) is 14.1 Å². The number of hydrogen-bond acceptors (Lipinski definition) is 4. The number of nitrogens with one attached hydrogen (secondary N) is 1. The van der Waals surface area contributed by atoms with Crippen molar-refractivity contribution in [1.82, 2.24) is 10.3 Å². The number of anilines is 1. The number of rotatable bonds is 6. The zero-order chi connectivity index (χ0) is 15.9. The van der Waals surface area contributed by atoms with Crippen molar-refractivity contribution >= 4 is 11.7 Å². The normalized spacial score (nSPS) is 11.8. The minimum absolute atomic E-state index is 0.0391. The van der Waals surface area contributed by atoms with Crippen LogP contribution in [0.5, 0.6) is 0 Å². The zero-order valence-electron chi connectivity index (χ0n) is 12.9. The van der Waals surface area contributed by atoms with E-state index in [-0.39, 0.29) is 12.3 Å². The SMILES string of the molecule is CN(C)c1cccc(CNC(=O)CC(O)c2ccccc2)n1. The molecule has 2 aromatic rings. The molecule has 2 rings (SSSR count). The Morgan fingerprint density at radius 2 is 1.91 bits per heavy atom. The maximum atomic E-state index is 11.9. The predicted molar refractivity (Wildman–Crippen MR) is 86.4 cm³/mol. The smallest absolute Gasteiger partial charge is 0.223 e. The lowest BCUT2D eigenvalue weighted by Gasteiger charge is -2.13. The van der Waals surface area contributed by atoms with Gasteiger partial charge in [-0.15, -0.1) is 0 Å². The molecule has 116 valence electrons. The van der Waals surface area contributed by atoms with E-state index >= 15 is 0 Å². The highest BCUT2D eigenvalue weighted by Crippen LogP contribution is 2.15. The number of amides is 1. The number of hydrogen-bond donors (Lipinski definition) is 2. The first-order valence-corrected chi connectivity index (χ1v) is 7.19. The van der Waals surface area contributed by atoms with Crippen molar-refractivity contribution in [3.63, 3.8) is 0 Å². The van der Waals surface area contributed by atoms with Crippen LogP contribution in [0.25, 0.3) is 0 Å². The lowest BCUT2D eigenvalue weighted by Crippen LogP contribution is -2.25. The van der Waals surface area contributed by atoms with Crippen LogP contribution in [-0.2, 0) is 11.3 Å². The average Bonchev–Trinajstić information content (AvgIpc) is 2.54. The fourth-order valence-corrected chi connectivity index (χ4v) is 2.04. The Morgan fingerprint density at radius 3 is 2.59 bits per heavy atom. The van der Waals surface area contributed by atoms with Crippen LogP contribution in [0.15, 0.2) is 48.5 Å². The highest BCUT2D eigenvalue weighted by Gasteiger charge is 2.12. The monoisotopic (exact) mass is 299 g/mol. The van der Waals surface area contributed by atoms with Gasteiger partial charge in [-0.2, -0.15) is 0 Å². The topological polar surface area (TPSA) is 65.5 Å². The lowest BCUT2D eigenvalue weighted by atomic mass is 10.1. The number of benzene rings is 1. The van der Waals surface area contributed by atoms with Gasteiger partial charge in [0.05, 0.1) is 24.8 Å². The van der Waals surface area contributed by atoms with Gasteiger partial charge < -0.3 is 15.3 Å². The van der Waals surface area contributed by atoms with Gasteiger partial charge >= 0.3 is 0 Å². The summed E-state index contributed by atoms with van der Waals surface area (Å²) < 4.78 is 0. The molecule has 0 aliphatic heterocycles. The van der Waals surface area contributed by atoms with Crippen molar-refractivity contribution in [2.75, 3.05) is 19.0 Å². The van der Waals surface area contributed by atoms with Crippen LogP contribution in [0.2, 0.25) is 0 Å². The summed E-state index contributed by atoms with van der Waals surface area (Å²) in [6.07, 6.45) is -0.750. The molecule has 0 aliphatic carbocycles. The number of carbonyl (C=O) groups is 1. The van der Waals surface area contributed by atoms with E-state index in [9.17, 15) is 9.90 Å². The van der Waals surface area contributed by atoms with Crippen molar-refractivity contribution in [1.29, 1.82) is 0 Å². The van der Waals surface area contributed by atoms with E-state index in [0.717, 1.165) is 17.1 Å². The van der Waals surface area contributed by atoms with Crippen molar-refractivity contribution in [2.45, 2.75) is 19.1 Å². The lowest BCUT2D eigenvalue weighted by molar-refractivity contribution is -0.123. The summed E-state index contributed by atoms with van der Waals surface area (Å²) in [5.74, 6) is 0.643.